The molecule has 3 N–H and O–H groups in total. The first-order valence-corrected chi connectivity index (χ1v) is 11.3. The molecule has 0 aliphatic heterocycles. The Labute approximate surface area is 204 Å². The summed E-state index contributed by atoms with van der Waals surface area (Å²) in [5.74, 6) is -0.758. The molecule has 10 heteroatoms. The third-order valence-corrected chi connectivity index (χ3v) is 6.23. The second-order valence-electron chi connectivity index (χ2n) is 8.70. The monoisotopic (exact) mass is 504 g/mol. The van der Waals surface area contributed by atoms with Gasteiger partial charge in [0.25, 0.3) is 0 Å². The van der Waals surface area contributed by atoms with Gasteiger partial charge in [-0.2, -0.15) is 13.2 Å². The van der Waals surface area contributed by atoms with Gasteiger partial charge in [-0.15, -0.1) is 0 Å². The molecule has 2 aromatic rings. The molecule has 4 rings (SSSR count). The van der Waals surface area contributed by atoms with Crippen molar-refractivity contribution >= 4 is 28.8 Å². The van der Waals surface area contributed by atoms with Crippen LogP contribution < -0.4 is 10.6 Å². The first-order chi connectivity index (χ1) is 17.1. The summed E-state index contributed by atoms with van der Waals surface area (Å²) in [6, 6.07) is 6.49. The van der Waals surface area contributed by atoms with Crippen molar-refractivity contribution in [3.8, 4) is 0 Å². The van der Waals surface area contributed by atoms with Crippen molar-refractivity contribution in [3.63, 3.8) is 0 Å². The molecule has 2 aliphatic rings. The number of carbonyl (C=O) groups is 2. The molecule has 0 saturated heterocycles. The van der Waals surface area contributed by atoms with E-state index in [1.165, 1.54) is 30.3 Å². The number of carbonyl (C=O) groups excluding carboxylic acids is 2. The van der Waals surface area contributed by atoms with Gasteiger partial charge in [-0.05, 0) is 66.8 Å². The van der Waals surface area contributed by atoms with Gasteiger partial charge in [0.2, 0.25) is 5.78 Å². The van der Waals surface area contributed by atoms with Gasteiger partial charge in [-0.25, -0.2) is 9.18 Å². The van der Waals surface area contributed by atoms with Crippen LogP contribution in [0.4, 0.5) is 33.7 Å². The number of rotatable bonds is 7. The average molecular weight is 504 g/mol. The van der Waals surface area contributed by atoms with Crippen molar-refractivity contribution in [2.45, 2.75) is 37.8 Å². The number of halogens is 4. The van der Waals surface area contributed by atoms with Crippen molar-refractivity contribution in [1.29, 1.82) is 0 Å². The maximum atomic E-state index is 14.7. The fourth-order valence-corrected chi connectivity index (χ4v) is 4.13. The Balaban J connectivity index is 1.48. The Morgan fingerprint density at radius 1 is 1.14 bits per heavy atom. The predicted molar refractivity (Wildman–Crippen MR) is 126 cm³/mol. The van der Waals surface area contributed by atoms with Gasteiger partial charge in [0.15, 0.2) is 5.76 Å². The molecule has 0 bridgehead atoms. The molecule has 6 nitrogen and oxygen atoms in total. The number of anilines is 2. The molecular formula is C26H24F4N2O4. The highest BCUT2D eigenvalue weighted by molar-refractivity contribution is 6.02. The molecule has 190 valence electrons. The van der Waals surface area contributed by atoms with E-state index in [9.17, 15) is 32.3 Å². The minimum atomic E-state index is -4.68. The van der Waals surface area contributed by atoms with Crippen LogP contribution in [-0.4, -0.2) is 30.1 Å². The molecular weight excluding hydrogens is 480 g/mol. The van der Waals surface area contributed by atoms with Crippen LogP contribution in [-0.2, 0) is 21.1 Å². The molecule has 0 heterocycles. The Morgan fingerprint density at radius 3 is 2.50 bits per heavy atom. The third kappa shape index (κ3) is 5.28. The molecule has 2 aliphatic carbocycles. The number of ether oxygens (including phenoxy) is 1. The lowest BCUT2D eigenvalue weighted by atomic mass is 9.91. The summed E-state index contributed by atoms with van der Waals surface area (Å²) in [7, 11) is 0. The molecule has 1 saturated carbocycles. The third-order valence-electron chi connectivity index (χ3n) is 6.23. The minimum Gasteiger partial charge on any atom is -0.490 e. The topological polar surface area (TPSA) is 87.7 Å². The molecule has 0 spiro atoms. The largest absolute Gasteiger partial charge is 0.490 e. The number of benzene rings is 2. The number of amides is 2. The van der Waals surface area contributed by atoms with Crippen LogP contribution in [0.2, 0.25) is 0 Å². The van der Waals surface area contributed by atoms with E-state index in [1.54, 1.807) is 19.1 Å². The Kier molecular flexibility index (Phi) is 6.90. The molecule has 36 heavy (non-hydrogen) atoms. The molecule has 0 aromatic heterocycles. The lowest BCUT2D eigenvalue weighted by Gasteiger charge is -2.20. The van der Waals surface area contributed by atoms with Crippen LogP contribution in [0.25, 0.3) is 5.57 Å². The number of nitrogens with one attached hydrogen (secondary N) is 2. The summed E-state index contributed by atoms with van der Waals surface area (Å²) in [5, 5.41) is 14.1. The second kappa shape index (κ2) is 9.77. The first kappa shape index (κ1) is 25.4. The standard InChI is InChI=1S/C26H24F4N2O4/c1-2-36-23-12-16(4-8-22(23)34)15-3-7-21(20(27)11-15)32-24(35)31-17-5-6-18(25(14-33)9-10-25)19(13-17)26(28,29)30/h3-7,11-13,33H,2,8-10,14H2,1H3,(H2,31,32,35). The number of hydrogen-bond donors (Lipinski definition) is 3. The van der Waals surface area contributed by atoms with E-state index >= 15 is 0 Å². The highest BCUT2D eigenvalue weighted by Crippen LogP contribution is 2.52. The van der Waals surface area contributed by atoms with E-state index in [2.05, 4.69) is 10.6 Å². The van der Waals surface area contributed by atoms with Crippen molar-refractivity contribution in [2.24, 2.45) is 0 Å². The number of allylic oxidation sites excluding steroid dienone is 4. The van der Waals surface area contributed by atoms with Crippen LogP contribution in [0.1, 0.15) is 42.9 Å². The fraction of sp³-hybridized carbons (Fsp3) is 0.308. The molecule has 2 amide bonds. The smallest absolute Gasteiger partial charge is 0.416 e. The lowest BCUT2D eigenvalue weighted by Crippen LogP contribution is -2.22. The number of alkyl halides is 3. The maximum absolute atomic E-state index is 14.7. The van der Waals surface area contributed by atoms with E-state index < -0.39 is 35.6 Å². The van der Waals surface area contributed by atoms with Crippen molar-refractivity contribution in [1.82, 2.24) is 0 Å². The Hall–Kier alpha value is -3.66. The average Bonchev–Trinajstić information content (AvgIpc) is 3.62. The van der Waals surface area contributed by atoms with Crippen LogP contribution >= 0.6 is 0 Å². The number of aliphatic hydroxyl groups excluding tert-OH is 1. The number of ketones is 1. The van der Waals surface area contributed by atoms with Crippen molar-refractivity contribution in [2.75, 3.05) is 23.8 Å². The summed E-state index contributed by atoms with van der Waals surface area (Å²) < 4.78 is 61.0. The van der Waals surface area contributed by atoms with Crippen LogP contribution in [0.5, 0.6) is 0 Å². The number of aliphatic hydroxyl groups is 1. The number of hydrogen-bond acceptors (Lipinski definition) is 4. The first-order valence-electron chi connectivity index (χ1n) is 11.3. The second-order valence-corrected chi connectivity index (χ2v) is 8.70. The van der Waals surface area contributed by atoms with Gasteiger partial charge in [-0.1, -0.05) is 18.2 Å². The van der Waals surface area contributed by atoms with Crippen LogP contribution in [0, 0.1) is 5.82 Å². The zero-order valence-electron chi connectivity index (χ0n) is 19.3. The summed E-state index contributed by atoms with van der Waals surface area (Å²) in [6.07, 6.45) is -0.497. The van der Waals surface area contributed by atoms with Gasteiger partial charge in [0.1, 0.15) is 5.82 Å². The van der Waals surface area contributed by atoms with Gasteiger partial charge in [0.05, 0.1) is 24.5 Å². The molecule has 2 aromatic carbocycles. The van der Waals surface area contributed by atoms with Crippen LogP contribution in [0.15, 0.2) is 54.3 Å². The van der Waals surface area contributed by atoms with Gasteiger partial charge in [-0.3, -0.25) is 4.79 Å². The molecule has 0 atom stereocenters. The van der Waals surface area contributed by atoms with E-state index in [1.807, 2.05) is 0 Å². The normalized spacial score (nSPS) is 16.7. The van der Waals surface area contributed by atoms with Gasteiger partial charge < -0.3 is 20.5 Å². The predicted octanol–water partition coefficient (Wildman–Crippen LogP) is 5.79. The highest BCUT2D eigenvalue weighted by atomic mass is 19.4. The Bertz CT molecular complexity index is 1260. The van der Waals surface area contributed by atoms with E-state index in [0.717, 1.165) is 6.07 Å². The highest BCUT2D eigenvalue weighted by Gasteiger charge is 2.49. The zero-order valence-corrected chi connectivity index (χ0v) is 19.3. The summed E-state index contributed by atoms with van der Waals surface area (Å²) in [6.45, 7) is 1.66. The molecule has 0 unspecified atom stereocenters. The van der Waals surface area contributed by atoms with E-state index in [-0.39, 0.29) is 34.9 Å². The lowest BCUT2D eigenvalue weighted by molar-refractivity contribution is -0.138. The summed E-state index contributed by atoms with van der Waals surface area (Å²) >= 11 is 0. The maximum Gasteiger partial charge on any atom is 0.416 e. The quantitative estimate of drug-likeness (QED) is 0.417. The molecule has 1 fully saturated rings. The summed E-state index contributed by atoms with van der Waals surface area (Å²) in [5.41, 5.74) is -1.10. The van der Waals surface area contributed by atoms with Crippen LogP contribution in [0.3, 0.4) is 0 Å². The molecule has 0 radical (unpaired) electrons. The number of Topliss-reactive ketones (excluding diaryl/α,β-unsaturated/α-hetero) is 1. The summed E-state index contributed by atoms with van der Waals surface area (Å²) in [4.78, 5) is 24.3. The van der Waals surface area contributed by atoms with E-state index in [4.69, 9.17) is 4.74 Å². The van der Waals surface area contributed by atoms with Gasteiger partial charge in [0, 0.05) is 17.5 Å². The Morgan fingerprint density at radius 2 is 1.89 bits per heavy atom. The van der Waals surface area contributed by atoms with Crippen molar-refractivity contribution in [3.05, 3.63) is 76.8 Å². The van der Waals surface area contributed by atoms with Gasteiger partial charge >= 0.3 is 12.2 Å². The number of urea groups is 1. The minimum absolute atomic E-state index is 0.00893. The fourth-order valence-electron chi connectivity index (χ4n) is 4.13. The zero-order chi connectivity index (χ0) is 26.1. The van der Waals surface area contributed by atoms with Crippen molar-refractivity contribution < 1.29 is 37.0 Å². The van der Waals surface area contributed by atoms with E-state index in [0.29, 0.717) is 30.6 Å². The SMILES string of the molecule is CCOC1=CC(c2ccc(NC(=O)Nc3ccc(C4(CO)CC4)c(C(F)(F)F)c3)c(F)c2)=CCC1=O.